The lowest BCUT2D eigenvalue weighted by molar-refractivity contribution is -0.122. The number of nitrogens with zero attached hydrogens (tertiary/aromatic N) is 1. The van der Waals surface area contributed by atoms with Crippen LogP contribution in [0.25, 0.3) is 0 Å². The van der Waals surface area contributed by atoms with E-state index in [9.17, 15) is 13.2 Å². The second kappa shape index (κ2) is 8.16. The molecule has 0 spiro atoms. The van der Waals surface area contributed by atoms with Crippen LogP contribution in [0.15, 0.2) is 18.2 Å². The summed E-state index contributed by atoms with van der Waals surface area (Å²) in [6, 6.07) is 5.32. The Morgan fingerprint density at radius 3 is 2.65 bits per heavy atom. The van der Waals surface area contributed by atoms with Gasteiger partial charge in [-0.25, -0.2) is 8.42 Å². The molecule has 1 saturated carbocycles. The summed E-state index contributed by atoms with van der Waals surface area (Å²) in [5.41, 5.74) is 0.518. The maximum Gasteiger partial charge on any atom is 0.232 e. The Hall–Kier alpha value is -1.96. The number of anilines is 1. The number of hydrogen-bond donors (Lipinski definition) is 1. The molecule has 1 N–H and O–H groups in total. The number of fused-ring (bicyclic) bond motifs is 1. The van der Waals surface area contributed by atoms with Gasteiger partial charge < -0.3 is 14.8 Å². The van der Waals surface area contributed by atoms with Gasteiger partial charge in [-0.1, -0.05) is 19.3 Å². The summed E-state index contributed by atoms with van der Waals surface area (Å²) in [5.74, 6) is 1.14. The number of carbonyl (C=O) groups is 1. The first-order chi connectivity index (χ1) is 12.4. The molecule has 1 aliphatic carbocycles. The molecule has 1 amide bonds. The Morgan fingerprint density at radius 1 is 1.19 bits per heavy atom. The fraction of sp³-hybridized carbons (Fsp3) is 0.611. The summed E-state index contributed by atoms with van der Waals surface area (Å²) in [6.07, 6.45) is 7.59. The lowest BCUT2D eigenvalue weighted by Crippen LogP contribution is -2.37. The van der Waals surface area contributed by atoms with Gasteiger partial charge in [-0.05, 0) is 31.4 Å². The first-order valence-electron chi connectivity index (χ1n) is 9.10. The Kier molecular flexibility index (Phi) is 5.90. The summed E-state index contributed by atoms with van der Waals surface area (Å²) in [5, 5.41) is 3.06. The molecule has 1 aromatic carbocycles. The van der Waals surface area contributed by atoms with Gasteiger partial charge >= 0.3 is 0 Å². The first kappa shape index (κ1) is 18.8. The lowest BCUT2D eigenvalue weighted by Gasteiger charge is -2.24. The third-order valence-corrected chi connectivity index (χ3v) is 5.97. The Bertz CT molecular complexity index is 744. The lowest BCUT2D eigenvalue weighted by atomic mass is 9.95. The van der Waals surface area contributed by atoms with Crippen LogP contribution in [-0.4, -0.2) is 40.0 Å². The highest BCUT2D eigenvalue weighted by Crippen LogP contribution is 2.36. The van der Waals surface area contributed by atoms with Gasteiger partial charge in [0.25, 0.3) is 0 Å². The highest BCUT2D eigenvalue weighted by molar-refractivity contribution is 7.92. The zero-order chi connectivity index (χ0) is 18.6. The monoisotopic (exact) mass is 382 g/mol. The van der Waals surface area contributed by atoms with E-state index >= 15 is 0 Å². The Balaban J connectivity index is 1.56. The molecule has 0 bridgehead atoms. The smallest absolute Gasteiger partial charge is 0.232 e. The molecule has 0 atom stereocenters. The van der Waals surface area contributed by atoms with E-state index in [1.807, 2.05) is 0 Å². The fourth-order valence-corrected chi connectivity index (χ4v) is 4.41. The van der Waals surface area contributed by atoms with E-state index in [4.69, 9.17) is 9.47 Å². The fourth-order valence-electron chi connectivity index (χ4n) is 3.46. The maximum atomic E-state index is 12.2. The zero-order valence-electron chi connectivity index (χ0n) is 15.1. The van der Waals surface area contributed by atoms with Crippen LogP contribution in [0.4, 0.5) is 5.69 Å². The number of carbonyl (C=O) groups excluding carboxylic acids is 1. The van der Waals surface area contributed by atoms with Crippen molar-refractivity contribution in [3.05, 3.63) is 18.2 Å². The highest BCUT2D eigenvalue weighted by Gasteiger charge is 2.22. The topological polar surface area (TPSA) is 84.9 Å². The van der Waals surface area contributed by atoms with Crippen molar-refractivity contribution in [1.82, 2.24) is 5.32 Å². The van der Waals surface area contributed by atoms with Gasteiger partial charge in [-0.2, -0.15) is 0 Å². The Labute approximate surface area is 154 Å². The van der Waals surface area contributed by atoms with Crippen molar-refractivity contribution >= 4 is 21.6 Å². The van der Waals surface area contributed by atoms with Crippen molar-refractivity contribution in [2.75, 3.05) is 23.9 Å². The van der Waals surface area contributed by atoms with Gasteiger partial charge in [0.05, 0.1) is 11.9 Å². The van der Waals surface area contributed by atoms with Crippen LogP contribution in [0.3, 0.4) is 0 Å². The molecular formula is C18H26N2O5S. The number of rotatable bonds is 7. The molecule has 7 nitrogen and oxygen atoms in total. The van der Waals surface area contributed by atoms with E-state index in [0.717, 1.165) is 25.7 Å². The van der Waals surface area contributed by atoms with Crippen LogP contribution >= 0.6 is 0 Å². The average molecular weight is 382 g/mol. The quantitative estimate of drug-likeness (QED) is 0.783. The predicted octanol–water partition coefficient (Wildman–Crippen LogP) is 2.41. The summed E-state index contributed by atoms with van der Waals surface area (Å²) in [6.45, 7) is 0.384. The summed E-state index contributed by atoms with van der Waals surface area (Å²) >= 11 is 0. The van der Waals surface area contributed by atoms with Crippen LogP contribution in [-0.2, 0) is 14.8 Å². The molecule has 3 rings (SSSR count). The van der Waals surface area contributed by atoms with E-state index in [0.29, 0.717) is 30.0 Å². The van der Waals surface area contributed by atoms with Crippen LogP contribution in [0.5, 0.6) is 11.5 Å². The van der Waals surface area contributed by atoms with E-state index < -0.39 is 10.0 Å². The second-order valence-electron chi connectivity index (χ2n) is 6.88. The minimum Gasteiger partial charge on any atom is -0.454 e. The van der Waals surface area contributed by atoms with Crippen LogP contribution in [0, 0.1) is 0 Å². The minimum absolute atomic E-state index is 0.00367. The molecule has 2 aliphatic rings. The third-order valence-electron chi connectivity index (χ3n) is 4.78. The first-order valence-corrected chi connectivity index (χ1v) is 10.9. The summed E-state index contributed by atoms with van der Waals surface area (Å²) in [4.78, 5) is 12.1. The Morgan fingerprint density at radius 2 is 1.92 bits per heavy atom. The molecule has 144 valence electrons. The number of amides is 1. The van der Waals surface area contributed by atoms with Crippen molar-refractivity contribution < 1.29 is 22.7 Å². The number of ether oxygens (including phenoxy) is 2. The van der Waals surface area contributed by atoms with Crippen LogP contribution in [0.1, 0.15) is 44.9 Å². The van der Waals surface area contributed by atoms with Gasteiger partial charge in [-0.15, -0.1) is 0 Å². The van der Waals surface area contributed by atoms with Crippen LogP contribution in [0.2, 0.25) is 0 Å². The van der Waals surface area contributed by atoms with E-state index in [2.05, 4.69) is 5.32 Å². The molecule has 1 fully saturated rings. The van der Waals surface area contributed by atoms with Crippen molar-refractivity contribution in [2.24, 2.45) is 0 Å². The molecule has 0 radical (unpaired) electrons. The average Bonchev–Trinajstić information content (AvgIpc) is 3.06. The molecule has 1 heterocycles. The van der Waals surface area contributed by atoms with Crippen molar-refractivity contribution in [3.8, 4) is 11.5 Å². The number of nitrogens with one attached hydrogen (secondary N) is 1. The SMILES string of the molecule is CS(=O)(=O)N(CCCC(=O)NC1CCCCC1)c1ccc2c(c1)OCO2. The minimum atomic E-state index is -3.46. The van der Waals surface area contributed by atoms with Gasteiger partial charge in [0, 0.05) is 25.1 Å². The summed E-state index contributed by atoms with van der Waals surface area (Å²) in [7, 11) is -3.46. The highest BCUT2D eigenvalue weighted by atomic mass is 32.2. The molecule has 1 aromatic rings. The largest absolute Gasteiger partial charge is 0.454 e. The molecule has 8 heteroatoms. The second-order valence-corrected chi connectivity index (χ2v) is 8.79. The zero-order valence-corrected chi connectivity index (χ0v) is 15.9. The van der Waals surface area contributed by atoms with Crippen molar-refractivity contribution in [3.63, 3.8) is 0 Å². The maximum absolute atomic E-state index is 12.2. The van der Waals surface area contributed by atoms with Gasteiger partial charge in [0.2, 0.25) is 22.7 Å². The van der Waals surface area contributed by atoms with Crippen molar-refractivity contribution in [2.45, 2.75) is 51.0 Å². The number of sulfonamides is 1. The van der Waals surface area contributed by atoms with E-state index in [-0.39, 0.29) is 25.3 Å². The predicted molar refractivity (Wildman–Crippen MR) is 99.0 cm³/mol. The van der Waals surface area contributed by atoms with Gasteiger partial charge in [0.1, 0.15) is 0 Å². The van der Waals surface area contributed by atoms with E-state index in [1.165, 1.54) is 17.0 Å². The third kappa shape index (κ3) is 4.81. The molecule has 0 unspecified atom stereocenters. The number of benzene rings is 1. The van der Waals surface area contributed by atoms with Crippen molar-refractivity contribution in [1.29, 1.82) is 0 Å². The summed E-state index contributed by atoms with van der Waals surface area (Å²) < 4.78 is 36.2. The standard InChI is InChI=1S/C18H26N2O5S/c1-26(22,23)20(15-9-10-16-17(12-15)25-13-24-16)11-5-8-18(21)19-14-6-3-2-4-7-14/h9-10,12,14H,2-8,11,13H2,1H3,(H,19,21). The molecule has 26 heavy (non-hydrogen) atoms. The van der Waals surface area contributed by atoms with Gasteiger partial charge in [-0.3, -0.25) is 9.10 Å². The normalized spacial score (nSPS) is 17.1. The van der Waals surface area contributed by atoms with E-state index in [1.54, 1.807) is 18.2 Å². The molecule has 1 aliphatic heterocycles. The molecule has 0 saturated heterocycles. The molecule has 0 aromatic heterocycles. The molecular weight excluding hydrogens is 356 g/mol. The number of hydrogen-bond acceptors (Lipinski definition) is 5. The van der Waals surface area contributed by atoms with Gasteiger partial charge in [0.15, 0.2) is 11.5 Å². The van der Waals surface area contributed by atoms with Crippen LogP contribution < -0.4 is 19.1 Å².